The second kappa shape index (κ2) is 11.8. The second-order valence-electron chi connectivity index (χ2n) is 11.5. The topological polar surface area (TPSA) is 35.6 Å². The first kappa shape index (κ1) is 28.9. The van der Waals surface area contributed by atoms with Crippen LogP contribution in [0.4, 0.5) is 14.6 Å². The third-order valence-electron chi connectivity index (χ3n) is 9.22. The molecule has 1 N–H and O–H groups in total. The molecule has 1 fully saturated rings. The van der Waals surface area contributed by atoms with Crippen molar-refractivity contribution >= 4 is 45.6 Å². The molecule has 1 spiro atoms. The minimum Gasteiger partial charge on any atom is -0.341 e. The molecule has 6 rings (SSSR count). The molecule has 0 unspecified atom stereocenters. The number of benzene rings is 4. The van der Waals surface area contributed by atoms with Gasteiger partial charge in [0.1, 0.15) is 5.82 Å². The molecule has 2 heterocycles. The summed E-state index contributed by atoms with van der Waals surface area (Å²) in [6, 6.07) is 22.9. The van der Waals surface area contributed by atoms with Gasteiger partial charge in [-0.05, 0) is 85.6 Å². The van der Waals surface area contributed by atoms with Crippen LogP contribution >= 0.6 is 23.2 Å². The van der Waals surface area contributed by atoms with Crippen molar-refractivity contribution in [3.8, 4) is 0 Å². The van der Waals surface area contributed by atoms with E-state index in [0.29, 0.717) is 51.5 Å². The maximum Gasteiger partial charge on any atom is 0.254 e. The monoisotopic (exact) mass is 607 g/mol. The van der Waals surface area contributed by atoms with Gasteiger partial charge < -0.3 is 10.2 Å². The molecule has 4 aromatic carbocycles. The van der Waals surface area contributed by atoms with Crippen molar-refractivity contribution in [3.63, 3.8) is 0 Å². The number of carbonyl (C=O) groups is 1. The van der Waals surface area contributed by atoms with Crippen LogP contribution < -0.4 is 10.4 Å². The van der Waals surface area contributed by atoms with Gasteiger partial charge in [-0.2, -0.15) is 0 Å². The number of likely N-dealkylation sites (N-methyl/N-ethyl adjacent to an activating group) is 1. The van der Waals surface area contributed by atoms with Crippen LogP contribution in [0.1, 0.15) is 53.1 Å². The standard InChI is InChI=1S/C34H33Cl2F2N3O/c1-40(33(42)26-12-14-30(37)25-7-3-2-6-24(25)26)21-23(22-10-13-28(35)29(36)20-22)11-15-32-34(16-18-39-19-17-34)27-8-4-5-9-31(27)41(32)38/h2-10,12-14,20,23,32,39H,11,15-19,21H2,1H3/t23-,32+/m1/s1. The number of amides is 1. The summed E-state index contributed by atoms with van der Waals surface area (Å²) in [5.74, 6) is -0.693. The lowest BCUT2D eigenvalue weighted by atomic mass is 9.68. The second-order valence-corrected chi connectivity index (χ2v) is 12.3. The number of hydrogen-bond acceptors (Lipinski definition) is 3. The van der Waals surface area contributed by atoms with E-state index in [1.165, 1.54) is 6.07 Å². The summed E-state index contributed by atoms with van der Waals surface area (Å²) in [7, 11) is 1.76. The lowest BCUT2D eigenvalue weighted by Gasteiger charge is -2.40. The molecule has 2 aliphatic heterocycles. The smallest absolute Gasteiger partial charge is 0.254 e. The summed E-state index contributed by atoms with van der Waals surface area (Å²) in [5, 5.41) is 6.29. The maximum atomic E-state index is 16.1. The zero-order valence-corrected chi connectivity index (χ0v) is 24.9. The number of anilines is 1. The largest absolute Gasteiger partial charge is 0.341 e. The molecule has 218 valence electrons. The number of rotatable bonds is 7. The molecule has 0 radical (unpaired) electrons. The van der Waals surface area contributed by atoms with Crippen molar-refractivity contribution in [2.75, 3.05) is 31.8 Å². The van der Waals surface area contributed by atoms with Crippen LogP contribution in [0.2, 0.25) is 10.0 Å². The van der Waals surface area contributed by atoms with Gasteiger partial charge in [0.15, 0.2) is 0 Å². The van der Waals surface area contributed by atoms with E-state index >= 15 is 4.48 Å². The molecule has 42 heavy (non-hydrogen) atoms. The molecule has 1 amide bonds. The van der Waals surface area contributed by atoms with Gasteiger partial charge in [-0.3, -0.25) is 4.79 Å². The molecule has 0 aliphatic carbocycles. The summed E-state index contributed by atoms with van der Waals surface area (Å²) in [6.07, 6.45) is 2.96. The molecular weight excluding hydrogens is 575 g/mol. The lowest BCUT2D eigenvalue weighted by Crippen LogP contribution is -2.49. The zero-order chi connectivity index (χ0) is 29.4. The Bertz CT molecular complexity index is 1620. The number of nitrogens with zero attached hydrogens (tertiary/aromatic N) is 2. The van der Waals surface area contributed by atoms with E-state index in [1.807, 2.05) is 30.3 Å². The van der Waals surface area contributed by atoms with Gasteiger partial charge in [0.25, 0.3) is 5.91 Å². The highest BCUT2D eigenvalue weighted by Gasteiger charge is 2.51. The van der Waals surface area contributed by atoms with Crippen LogP contribution in [0.15, 0.2) is 78.9 Å². The minimum atomic E-state index is -0.362. The predicted octanol–water partition coefficient (Wildman–Crippen LogP) is 8.32. The first-order valence-electron chi connectivity index (χ1n) is 14.4. The maximum absolute atomic E-state index is 16.1. The van der Waals surface area contributed by atoms with Crippen LogP contribution in [-0.4, -0.2) is 43.5 Å². The van der Waals surface area contributed by atoms with Gasteiger partial charge in [-0.25, -0.2) is 9.51 Å². The van der Waals surface area contributed by atoms with Crippen molar-refractivity contribution in [1.29, 1.82) is 0 Å². The number of fused-ring (bicyclic) bond motifs is 3. The summed E-state index contributed by atoms with van der Waals surface area (Å²) in [4.78, 5) is 15.4. The molecule has 4 nitrogen and oxygen atoms in total. The first-order chi connectivity index (χ1) is 20.3. The van der Waals surface area contributed by atoms with Gasteiger partial charge in [-0.1, -0.05) is 76.2 Å². The molecule has 8 heteroatoms. The molecule has 2 atom stereocenters. The minimum absolute atomic E-state index is 0.128. The zero-order valence-electron chi connectivity index (χ0n) is 23.4. The third kappa shape index (κ3) is 5.14. The highest BCUT2D eigenvalue weighted by molar-refractivity contribution is 6.42. The third-order valence-corrected chi connectivity index (χ3v) is 9.96. The molecule has 0 saturated carbocycles. The SMILES string of the molecule is CN(C[C@@H](CC[C@@H]1N(F)c2ccccc2C12CCNCC2)c1ccc(Cl)c(Cl)c1)C(=O)c1ccc(F)c2ccccc12. The summed E-state index contributed by atoms with van der Waals surface area (Å²) >= 11 is 12.7. The van der Waals surface area contributed by atoms with E-state index in [-0.39, 0.29) is 29.1 Å². The molecule has 0 aromatic heterocycles. The molecule has 1 saturated heterocycles. The van der Waals surface area contributed by atoms with Gasteiger partial charge in [0.05, 0.1) is 21.8 Å². The quantitative estimate of drug-likeness (QED) is 0.215. The van der Waals surface area contributed by atoms with Crippen LogP contribution in [0.5, 0.6) is 0 Å². The average Bonchev–Trinajstić information content (AvgIpc) is 3.23. The Morgan fingerprint density at radius 1 is 1.00 bits per heavy atom. The van der Waals surface area contributed by atoms with Crippen molar-refractivity contribution < 1.29 is 13.7 Å². The van der Waals surface area contributed by atoms with Crippen LogP contribution in [-0.2, 0) is 5.41 Å². The fourth-order valence-electron chi connectivity index (χ4n) is 7.07. The van der Waals surface area contributed by atoms with E-state index < -0.39 is 0 Å². The first-order valence-corrected chi connectivity index (χ1v) is 15.2. The van der Waals surface area contributed by atoms with Crippen molar-refractivity contribution in [2.45, 2.75) is 43.1 Å². The highest BCUT2D eigenvalue weighted by atomic mass is 35.5. The van der Waals surface area contributed by atoms with E-state index in [9.17, 15) is 9.18 Å². The Morgan fingerprint density at radius 2 is 1.71 bits per heavy atom. The van der Waals surface area contributed by atoms with E-state index in [0.717, 1.165) is 42.2 Å². The fraction of sp³-hybridized carbons (Fsp3) is 0.324. The fourth-order valence-corrected chi connectivity index (χ4v) is 7.37. The number of piperidine rings is 1. The summed E-state index contributed by atoms with van der Waals surface area (Å²) in [6.45, 7) is 2.07. The Hall–Kier alpha value is -3.19. The van der Waals surface area contributed by atoms with Crippen molar-refractivity contribution in [3.05, 3.63) is 111 Å². The molecular formula is C34H33Cl2F2N3O. The molecule has 2 aliphatic rings. The van der Waals surface area contributed by atoms with Gasteiger partial charge in [-0.15, -0.1) is 0 Å². The van der Waals surface area contributed by atoms with Crippen molar-refractivity contribution in [1.82, 2.24) is 10.2 Å². The van der Waals surface area contributed by atoms with Crippen LogP contribution in [0, 0.1) is 5.82 Å². The Balaban J connectivity index is 1.29. The normalized spacial score (nSPS) is 18.3. The van der Waals surface area contributed by atoms with Crippen LogP contribution in [0.3, 0.4) is 0 Å². The molecule has 0 bridgehead atoms. The lowest BCUT2D eigenvalue weighted by molar-refractivity contribution is 0.0784. The highest BCUT2D eigenvalue weighted by Crippen LogP contribution is 2.52. The Morgan fingerprint density at radius 3 is 2.48 bits per heavy atom. The van der Waals surface area contributed by atoms with E-state index in [4.69, 9.17) is 23.2 Å². The Kier molecular flexibility index (Phi) is 8.14. The molecule has 4 aromatic rings. The Labute approximate surface area is 255 Å². The van der Waals surface area contributed by atoms with Gasteiger partial charge in [0.2, 0.25) is 0 Å². The van der Waals surface area contributed by atoms with Crippen molar-refractivity contribution in [2.24, 2.45) is 0 Å². The average molecular weight is 609 g/mol. The predicted molar refractivity (Wildman–Crippen MR) is 167 cm³/mol. The van der Waals surface area contributed by atoms with E-state index in [2.05, 4.69) is 11.4 Å². The summed E-state index contributed by atoms with van der Waals surface area (Å²) in [5.41, 5.74) is 2.85. The van der Waals surface area contributed by atoms with E-state index in [1.54, 1.807) is 48.3 Å². The van der Waals surface area contributed by atoms with Gasteiger partial charge >= 0.3 is 0 Å². The number of nitrogens with one attached hydrogen (secondary N) is 1. The summed E-state index contributed by atoms with van der Waals surface area (Å²) < 4.78 is 30.5. The van der Waals surface area contributed by atoms with Crippen LogP contribution in [0.25, 0.3) is 10.8 Å². The number of halogens is 4. The number of hydrogen-bond donors (Lipinski definition) is 1. The number of carbonyl (C=O) groups excluding carboxylic acids is 1. The number of para-hydroxylation sites is 1. The van der Waals surface area contributed by atoms with Gasteiger partial charge in [0, 0.05) is 35.9 Å².